The van der Waals surface area contributed by atoms with E-state index in [1.54, 1.807) is 12.1 Å². The molecule has 0 spiro atoms. The summed E-state index contributed by atoms with van der Waals surface area (Å²) in [6.45, 7) is 12.4. The Morgan fingerprint density at radius 2 is 1.17 bits per heavy atom. The SMILES string of the molecule is C=C(C)COc1cc(N)ccc1-c1ccc(N)cc1OCC(=C)C. The number of hydrogen-bond acceptors (Lipinski definition) is 4. The van der Waals surface area contributed by atoms with Gasteiger partial charge in [-0.25, -0.2) is 0 Å². The first-order valence-electron chi connectivity index (χ1n) is 7.70. The molecule has 0 atom stereocenters. The quantitative estimate of drug-likeness (QED) is 0.584. The van der Waals surface area contributed by atoms with Gasteiger partial charge in [0.25, 0.3) is 0 Å². The highest BCUT2D eigenvalue weighted by atomic mass is 16.5. The molecule has 0 bridgehead atoms. The molecule has 0 aliphatic heterocycles. The molecule has 2 aromatic carbocycles. The number of rotatable bonds is 7. The van der Waals surface area contributed by atoms with Crippen molar-refractivity contribution in [2.75, 3.05) is 24.7 Å². The average Bonchev–Trinajstić information content (AvgIpc) is 2.51. The van der Waals surface area contributed by atoms with Gasteiger partial charge in [0.1, 0.15) is 24.7 Å². The summed E-state index contributed by atoms with van der Waals surface area (Å²) in [6.07, 6.45) is 0. The molecule has 4 nitrogen and oxygen atoms in total. The molecule has 24 heavy (non-hydrogen) atoms. The third kappa shape index (κ3) is 4.56. The second-order valence-corrected chi connectivity index (χ2v) is 6.00. The summed E-state index contributed by atoms with van der Waals surface area (Å²) in [5, 5.41) is 0. The Kier molecular flexibility index (Phi) is 5.53. The van der Waals surface area contributed by atoms with E-state index in [1.807, 2.05) is 38.1 Å². The van der Waals surface area contributed by atoms with Gasteiger partial charge in [-0.2, -0.15) is 0 Å². The summed E-state index contributed by atoms with van der Waals surface area (Å²) >= 11 is 0. The van der Waals surface area contributed by atoms with Crippen molar-refractivity contribution in [1.82, 2.24) is 0 Å². The van der Waals surface area contributed by atoms with E-state index in [0.717, 1.165) is 22.3 Å². The van der Waals surface area contributed by atoms with Crippen LogP contribution in [0.15, 0.2) is 60.7 Å². The molecule has 0 aromatic heterocycles. The number of ether oxygens (including phenoxy) is 2. The van der Waals surface area contributed by atoms with Crippen LogP contribution in [0.2, 0.25) is 0 Å². The van der Waals surface area contributed by atoms with Gasteiger partial charge in [-0.05, 0) is 49.3 Å². The average molecular weight is 324 g/mol. The fourth-order valence-corrected chi connectivity index (χ4v) is 2.16. The van der Waals surface area contributed by atoms with Crippen LogP contribution < -0.4 is 20.9 Å². The fourth-order valence-electron chi connectivity index (χ4n) is 2.16. The summed E-state index contributed by atoms with van der Waals surface area (Å²) in [4.78, 5) is 0. The highest BCUT2D eigenvalue weighted by molar-refractivity contribution is 5.79. The maximum Gasteiger partial charge on any atom is 0.129 e. The predicted octanol–water partition coefficient (Wildman–Crippen LogP) is 4.43. The van der Waals surface area contributed by atoms with E-state index in [0.29, 0.717) is 36.1 Å². The number of benzene rings is 2. The zero-order valence-electron chi connectivity index (χ0n) is 14.3. The molecule has 2 rings (SSSR count). The lowest BCUT2D eigenvalue weighted by Gasteiger charge is -2.16. The second-order valence-electron chi connectivity index (χ2n) is 6.00. The van der Waals surface area contributed by atoms with Crippen LogP contribution in [-0.2, 0) is 0 Å². The Morgan fingerprint density at radius 1 is 0.792 bits per heavy atom. The van der Waals surface area contributed by atoms with Gasteiger partial charge in [0.05, 0.1) is 0 Å². The third-order valence-corrected chi connectivity index (χ3v) is 3.25. The summed E-state index contributed by atoms with van der Waals surface area (Å²) in [5.41, 5.74) is 16.7. The Labute approximate surface area is 143 Å². The Hall–Kier alpha value is -2.88. The molecular formula is C20H24N2O2. The maximum absolute atomic E-state index is 5.91. The molecule has 2 aromatic rings. The van der Waals surface area contributed by atoms with Gasteiger partial charge in [0.2, 0.25) is 0 Å². The van der Waals surface area contributed by atoms with Gasteiger partial charge in [-0.3, -0.25) is 0 Å². The zero-order valence-corrected chi connectivity index (χ0v) is 14.3. The second kappa shape index (κ2) is 7.59. The van der Waals surface area contributed by atoms with Crippen LogP contribution in [0.25, 0.3) is 11.1 Å². The smallest absolute Gasteiger partial charge is 0.129 e. The molecule has 0 saturated carbocycles. The topological polar surface area (TPSA) is 70.5 Å². The van der Waals surface area contributed by atoms with Gasteiger partial charge in [-0.1, -0.05) is 13.2 Å². The minimum atomic E-state index is 0.424. The van der Waals surface area contributed by atoms with E-state index in [9.17, 15) is 0 Å². The van der Waals surface area contributed by atoms with Crippen molar-refractivity contribution in [3.05, 3.63) is 60.7 Å². The minimum absolute atomic E-state index is 0.424. The van der Waals surface area contributed by atoms with Gasteiger partial charge in [-0.15, -0.1) is 0 Å². The molecule has 0 aliphatic rings. The molecule has 0 saturated heterocycles. The lowest BCUT2D eigenvalue weighted by atomic mass is 10.0. The fraction of sp³-hybridized carbons (Fsp3) is 0.200. The highest BCUT2D eigenvalue weighted by Crippen LogP contribution is 2.38. The largest absolute Gasteiger partial charge is 0.489 e. The molecule has 126 valence electrons. The van der Waals surface area contributed by atoms with Crippen LogP contribution in [-0.4, -0.2) is 13.2 Å². The van der Waals surface area contributed by atoms with Crippen molar-refractivity contribution in [3.63, 3.8) is 0 Å². The molecule has 0 fully saturated rings. The van der Waals surface area contributed by atoms with E-state index in [2.05, 4.69) is 13.2 Å². The van der Waals surface area contributed by atoms with Crippen LogP contribution in [0, 0.1) is 0 Å². The standard InChI is InChI=1S/C20H24N2O2/c1-13(2)11-23-19-9-15(21)5-7-17(19)18-8-6-16(22)10-20(18)24-12-14(3)4/h5-10H,1,3,11-12,21-22H2,2,4H3. The van der Waals surface area contributed by atoms with Gasteiger partial charge < -0.3 is 20.9 Å². The predicted molar refractivity (Wildman–Crippen MR) is 101 cm³/mol. The minimum Gasteiger partial charge on any atom is -0.489 e. The van der Waals surface area contributed by atoms with Crippen molar-refractivity contribution in [3.8, 4) is 22.6 Å². The summed E-state index contributed by atoms with van der Waals surface area (Å²) in [6, 6.07) is 11.1. The Bertz CT molecular complexity index is 701. The van der Waals surface area contributed by atoms with E-state index in [-0.39, 0.29) is 0 Å². The third-order valence-electron chi connectivity index (χ3n) is 3.25. The van der Waals surface area contributed by atoms with E-state index >= 15 is 0 Å². The molecule has 0 amide bonds. The van der Waals surface area contributed by atoms with Crippen molar-refractivity contribution in [1.29, 1.82) is 0 Å². The summed E-state index contributed by atoms with van der Waals surface area (Å²) in [7, 11) is 0. The molecule has 0 unspecified atom stereocenters. The van der Waals surface area contributed by atoms with Crippen LogP contribution in [0.1, 0.15) is 13.8 Å². The first-order valence-corrected chi connectivity index (χ1v) is 7.70. The maximum atomic E-state index is 5.91. The number of nitrogen functional groups attached to an aromatic ring is 2. The molecular weight excluding hydrogens is 300 g/mol. The number of anilines is 2. The lowest BCUT2D eigenvalue weighted by molar-refractivity contribution is 0.349. The first kappa shape index (κ1) is 17.5. The van der Waals surface area contributed by atoms with E-state index in [1.165, 1.54) is 0 Å². The number of nitrogens with two attached hydrogens (primary N) is 2. The first-order chi connectivity index (χ1) is 11.4. The van der Waals surface area contributed by atoms with Crippen molar-refractivity contribution < 1.29 is 9.47 Å². The Morgan fingerprint density at radius 3 is 1.50 bits per heavy atom. The molecule has 0 radical (unpaired) electrons. The van der Waals surface area contributed by atoms with Crippen molar-refractivity contribution in [2.24, 2.45) is 0 Å². The normalized spacial score (nSPS) is 10.2. The monoisotopic (exact) mass is 324 g/mol. The molecule has 4 heteroatoms. The summed E-state index contributed by atoms with van der Waals surface area (Å²) < 4.78 is 11.7. The van der Waals surface area contributed by atoms with Crippen LogP contribution >= 0.6 is 0 Å². The summed E-state index contributed by atoms with van der Waals surface area (Å²) in [5.74, 6) is 1.37. The van der Waals surface area contributed by atoms with E-state index < -0.39 is 0 Å². The van der Waals surface area contributed by atoms with Crippen molar-refractivity contribution in [2.45, 2.75) is 13.8 Å². The van der Waals surface area contributed by atoms with Crippen molar-refractivity contribution >= 4 is 11.4 Å². The van der Waals surface area contributed by atoms with Gasteiger partial charge in [0, 0.05) is 34.6 Å². The van der Waals surface area contributed by atoms with Gasteiger partial charge in [0.15, 0.2) is 0 Å². The number of hydrogen-bond donors (Lipinski definition) is 2. The lowest BCUT2D eigenvalue weighted by Crippen LogP contribution is -2.03. The molecule has 0 aliphatic carbocycles. The van der Waals surface area contributed by atoms with E-state index in [4.69, 9.17) is 20.9 Å². The molecule has 0 heterocycles. The zero-order chi connectivity index (χ0) is 17.7. The van der Waals surface area contributed by atoms with Crippen LogP contribution in [0.3, 0.4) is 0 Å². The van der Waals surface area contributed by atoms with Crippen LogP contribution in [0.4, 0.5) is 11.4 Å². The Balaban J connectivity index is 2.46. The van der Waals surface area contributed by atoms with Gasteiger partial charge >= 0.3 is 0 Å². The van der Waals surface area contributed by atoms with Crippen LogP contribution in [0.5, 0.6) is 11.5 Å². The molecule has 4 N–H and O–H groups in total. The highest BCUT2D eigenvalue weighted by Gasteiger charge is 2.13.